The molecule has 2 atom stereocenters. The first-order valence-corrected chi connectivity index (χ1v) is 10.1. The molecule has 164 valence electrons. The molecule has 0 aliphatic heterocycles. The van der Waals surface area contributed by atoms with Gasteiger partial charge in [0.2, 0.25) is 17.6 Å². The molecule has 1 amide bonds. The van der Waals surface area contributed by atoms with Crippen molar-refractivity contribution in [3.63, 3.8) is 0 Å². The van der Waals surface area contributed by atoms with Crippen molar-refractivity contribution in [2.24, 2.45) is 11.8 Å². The molecule has 0 saturated heterocycles. The Morgan fingerprint density at radius 2 is 1.90 bits per heavy atom. The monoisotopic (exact) mass is 426 g/mol. The van der Waals surface area contributed by atoms with Crippen molar-refractivity contribution in [1.82, 2.24) is 15.5 Å². The minimum atomic E-state index is -1.77. The molecule has 0 aliphatic rings. The minimum Gasteiger partial charge on any atom is -0.465 e. The molecule has 0 bridgehead atoms. The normalized spacial score (nSPS) is 13.8. The van der Waals surface area contributed by atoms with Gasteiger partial charge in [-0.2, -0.15) is 5.26 Å². The molecule has 1 aromatic heterocycles. The predicted molar refractivity (Wildman–Crippen MR) is 111 cm³/mol. The number of nitriles is 1. The Bertz CT molecular complexity index is 964. The summed E-state index contributed by atoms with van der Waals surface area (Å²) in [6, 6.07) is 10.5. The molecule has 0 spiro atoms. The first kappa shape index (κ1) is 23.7. The van der Waals surface area contributed by atoms with Crippen molar-refractivity contribution >= 4 is 17.7 Å². The summed E-state index contributed by atoms with van der Waals surface area (Å²) < 4.78 is 5.76. The molecule has 0 aliphatic carbocycles. The van der Waals surface area contributed by atoms with E-state index in [-0.39, 0.29) is 24.7 Å². The zero-order valence-electron chi connectivity index (χ0n) is 17.8. The minimum absolute atomic E-state index is 0.0615. The first-order chi connectivity index (χ1) is 14.7. The number of unbranched alkanes of at least 4 members (excludes halogenated alkanes) is 1. The van der Waals surface area contributed by atoms with Crippen molar-refractivity contribution in [3.8, 4) is 17.5 Å². The topological polar surface area (TPSA) is 146 Å². The number of carbonyl (C=O) groups excluding carboxylic acids is 2. The summed E-state index contributed by atoms with van der Waals surface area (Å²) in [5, 5.41) is 28.9. The van der Waals surface area contributed by atoms with E-state index in [2.05, 4.69) is 15.5 Å². The van der Waals surface area contributed by atoms with Gasteiger partial charge in [-0.15, -0.1) is 10.2 Å². The lowest BCUT2D eigenvalue weighted by Crippen LogP contribution is -2.62. The molecule has 0 fully saturated rings. The summed E-state index contributed by atoms with van der Waals surface area (Å²) in [6.07, 6.45) is -0.166. The van der Waals surface area contributed by atoms with Crippen molar-refractivity contribution in [3.05, 3.63) is 36.2 Å². The van der Waals surface area contributed by atoms with Crippen LogP contribution in [0.4, 0.5) is 4.79 Å². The summed E-state index contributed by atoms with van der Waals surface area (Å²) in [7, 11) is 0. The third-order valence-corrected chi connectivity index (χ3v) is 5.29. The summed E-state index contributed by atoms with van der Waals surface area (Å²) in [5.74, 6) is -2.78. The fourth-order valence-corrected chi connectivity index (χ4v) is 3.78. The highest BCUT2D eigenvalue weighted by molar-refractivity contribution is 6.46. The molecule has 0 radical (unpaired) electrons. The van der Waals surface area contributed by atoms with E-state index >= 15 is 0 Å². The van der Waals surface area contributed by atoms with Crippen LogP contribution in [0.5, 0.6) is 0 Å². The van der Waals surface area contributed by atoms with Gasteiger partial charge < -0.3 is 14.8 Å². The second kappa shape index (κ2) is 10.5. The molecule has 0 saturated carbocycles. The van der Waals surface area contributed by atoms with Gasteiger partial charge in [0.25, 0.3) is 5.78 Å². The van der Waals surface area contributed by atoms with Crippen LogP contribution in [0.2, 0.25) is 0 Å². The molecule has 9 heteroatoms. The summed E-state index contributed by atoms with van der Waals surface area (Å²) in [6.45, 7) is 5.51. The highest BCUT2D eigenvalue weighted by Gasteiger charge is 2.50. The molecule has 2 aromatic rings. The van der Waals surface area contributed by atoms with Gasteiger partial charge in [0.1, 0.15) is 11.6 Å². The molecule has 1 aromatic carbocycles. The second-order valence-electron chi connectivity index (χ2n) is 7.70. The highest BCUT2D eigenvalue weighted by atomic mass is 16.4. The Morgan fingerprint density at radius 1 is 1.23 bits per heavy atom. The lowest BCUT2D eigenvalue weighted by atomic mass is 9.69. The second-order valence-corrected chi connectivity index (χ2v) is 7.70. The van der Waals surface area contributed by atoms with E-state index in [0.29, 0.717) is 18.7 Å². The number of nitrogens with one attached hydrogen (secondary N) is 1. The van der Waals surface area contributed by atoms with Gasteiger partial charge in [-0.1, -0.05) is 51.8 Å². The van der Waals surface area contributed by atoms with Crippen LogP contribution in [0.1, 0.15) is 45.9 Å². The average Bonchev–Trinajstić information content (AvgIpc) is 3.23. The van der Waals surface area contributed by atoms with Crippen LogP contribution in [0.25, 0.3) is 11.5 Å². The van der Waals surface area contributed by atoms with Gasteiger partial charge >= 0.3 is 6.09 Å². The summed E-state index contributed by atoms with van der Waals surface area (Å²) >= 11 is 0. The quantitative estimate of drug-likeness (QED) is 0.410. The number of aromatic nitrogens is 2. The number of rotatable bonds is 11. The summed E-state index contributed by atoms with van der Waals surface area (Å²) in [5.41, 5.74) is -1.05. The van der Waals surface area contributed by atoms with Crippen molar-refractivity contribution in [2.45, 2.75) is 52.0 Å². The van der Waals surface area contributed by atoms with Gasteiger partial charge in [-0.05, 0) is 24.5 Å². The van der Waals surface area contributed by atoms with Gasteiger partial charge in [-0.25, -0.2) is 4.79 Å². The van der Waals surface area contributed by atoms with Crippen molar-refractivity contribution < 1.29 is 23.9 Å². The van der Waals surface area contributed by atoms with Crippen LogP contribution >= 0.6 is 0 Å². The number of nitrogens with zero attached hydrogens (tertiary/aromatic N) is 3. The van der Waals surface area contributed by atoms with Crippen LogP contribution in [-0.4, -0.2) is 38.5 Å². The maximum Gasteiger partial charge on any atom is 0.405 e. The SMILES string of the molecule is CCCC[C@@](NC(=O)O)(C(=O)C(=O)C#N)C(Cc1nnc(-c2ccccc2)o1)C(C)C. The molecular formula is C22H26N4O5. The Labute approximate surface area is 180 Å². The van der Waals surface area contributed by atoms with E-state index in [1.807, 2.05) is 51.1 Å². The van der Waals surface area contributed by atoms with Crippen LogP contribution < -0.4 is 5.32 Å². The van der Waals surface area contributed by atoms with Crippen LogP contribution in [0, 0.1) is 23.2 Å². The standard InChI is InChI=1S/C22H26N4O5/c1-4-5-11-22(24-21(29)30,19(28)17(27)13-23)16(14(2)3)12-18-25-26-20(31-18)15-9-7-6-8-10-15/h6-10,14,16,24H,4-5,11-12H2,1-3H3,(H,29,30)/t16?,22-/m0/s1. The van der Waals surface area contributed by atoms with E-state index in [0.717, 1.165) is 5.56 Å². The molecule has 2 N–H and O–H groups in total. The van der Waals surface area contributed by atoms with Crippen molar-refractivity contribution in [1.29, 1.82) is 5.26 Å². The Morgan fingerprint density at radius 3 is 2.45 bits per heavy atom. The highest BCUT2D eigenvalue weighted by Crippen LogP contribution is 2.35. The maximum atomic E-state index is 13.0. The zero-order chi connectivity index (χ0) is 23.0. The van der Waals surface area contributed by atoms with E-state index in [9.17, 15) is 19.5 Å². The fourth-order valence-electron chi connectivity index (χ4n) is 3.78. The van der Waals surface area contributed by atoms with Crippen LogP contribution in [0.3, 0.4) is 0 Å². The molecule has 1 unspecified atom stereocenters. The fraction of sp³-hybridized carbons (Fsp3) is 0.455. The molecule has 9 nitrogen and oxygen atoms in total. The van der Waals surface area contributed by atoms with Crippen molar-refractivity contribution in [2.75, 3.05) is 0 Å². The number of ketones is 2. The molecular weight excluding hydrogens is 400 g/mol. The zero-order valence-corrected chi connectivity index (χ0v) is 17.8. The van der Waals surface area contributed by atoms with E-state index < -0.39 is 29.1 Å². The predicted octanol–water partition coefficient (Wildman–Crippen LogP) is 3.41. The first-order valence-electron chi connectivity index (χ1n) is 10.1. The van der Waals surface area contributed by atoms with Gasteiger partial charge in [0.15, 0.2) is 0 Å². The number of amides is 1. The molecule has 31 heavy (non-hydrogen) atoms. The number of Topliss-reactive ketones (excluding diaryl/α,β-unsaturated/α-hetero) is 2. The average molecular weight is 426 g/mol. The van der Waals surface area contributed by atoms with E-state index in [1.54, 1.807) is 0 Å². The smallest absolute Gasteiger partial charge is 0.405 e. The third kappa shape index (κ3) is 5.54. The number of benzene rings is 1. The van der Waals surface area contributed by atoms with Crippen LogP contribution in [0.15, 0.2) is 34.7 Å². The van der Waals surface area contributed by atoms with E-state index in [1.165, 1.54) is 6.07 Å². The maximum absolute atomic E-state index is 13.0. The summed E-state index contributed by atoms with van der Waals surface area (Å²) in [4.78, 5) is 36.8. The van der Waals surface area contributed by atoms with Crippen LogP contribution in [-0.2, 0) is 16.0 Å². The molecule has 1 heterocycles. The number of carbonyl (C=O) groups is 3. The number of hydrogen-bond acceptors (Lipinski definition) is 7. The number of carboxylic acid groups (broad SMARTS) is 1. The third-order valence-electron chi connectivity index (χ3n) is 5.29. The lowest BCUT2D eigenvalue weighted by molar-refractivity contribution is -0.140. The Balaban J connectivity index is 2.49. The van der Waals surface area contributed by atoms with E-state index in [4.69, 9.17) is 9.68 Å². The largest absolute Gasteiger partial charge is 0.465 e. The lowest BCUT2D eigenvalue weighted by Gasteiger charge is -2.40. The van der Waals surface area contributed by atoms with Gasteiger partial charge in [0.05, 0.1) is 0 Å². The Kier molecular flexibility index (Phi) is 8.02. The Hall–Kier alpha value is -3.54. The molecule has 2 rings (SSSR count). The van der Waals surface area contributed by atoms with Gasteiger partial charge in [-0.3, -0.25) is 9.59 Å². The van der Waals surface area contributed by atoms with Gasteiger partial charge in [0, 0.05) is 17.9 Å². The number of hydrogen-bond donors (Lipinski definition) is 2.